The largest absolute Gasteiger partial charge is 0.465 e. The lowest BCUT2D eigenvalue weighted by Crippen LogP contribution is -2.19. The van der Waals surface area contributed by atoms with Gasteiger partial charge in [0.2, 0.25) is 6.08 Å². The third kappa shape index (κ3) is 8.87. The average molecular weight is 287 g/mol. The van der Waals surface area contributed by atoms with Gasteiger partial charge in [-0.05, 0) is 0 Å². The second-order valence-electron chi connectivity index (χ2n) is 2.44. The Labute approximate surface area is 90.0 Å². The van der Waals surface area contributed by atoms with Crippen molar-refractivity contribution in [2.24, 2.45) is 4.76 Å². The van der Waals surface area contributed by atoms with Gasteiger partial charge in [-0.3, -0.25) is 9.05 Å². The third-order valence-electron chi connectivity index (χ3n) is 0.946. The summed E-state index contributed by atoms with van der Waals surface area (Å²) in [5, 5.41) is 0. The van der Waals surface area contributed by atoms with Crippen molar-refractivity contribution in [3.05, 3.63) is 0 Å². The van der Waals surface area contributed by atoms with Crippen LogP contribution in [0.3, 0.4) is 0 Å². The second kappa shape index (κ2) is 5.63. The van der Waals surface area contributed by atoms with Gasteiger partial charge >= 0.3 is 20.1 Å². The number of halogens is 6. The maximum atomic E-state index is 11.6. The van der Waals surface area contributed by atoms with Crippen molar-refractivity contribution < 1.29 is 44.7 Å². The van der Waals surface area contributed by atoms with Crippen LogP contribution in [0.2, 0.25) is 0 Å². The van der Waals surface area contributed by atoms with Crippen LogP contribution < -0.4 is 0 Å². The molecule has 0 aromatic heterocycles. The molecule has 0 saturated carbocycles. The highest BCUT2D eigenvalue weighted by molar-refractivity contribution is 7.52. The Balaban J connectivity index is 4.59. The van der Waals surface area contributed by atoms with Gasteiger partial charge in [0.05, 0.1) is 0 Å². The summed E-state index contributed by atoms with van der Waals surface area (Å²) < 4.78 is 90.0. The van der Waals surface area contributed by atoms with E-state index in [1.165, 1.54) is 0 Å². The molecule has 0 unspecified atom stereocenters. The van der Waals surface area contributed by atoms with Crippen molar-refractivity contribution in [2.45, 2.75) is 12.4 Å². The molecule has 0 aliphatic rings. The quantitative estimate of drug-likeness (QED) is 0.337. The maximum absolute atomic E-state index is 11.6. The zero-order valence-corrected chi connectivity index (χ0v) is 8.60. The van der Waals surface area contributed by atoms with Crippen molar-refractivity contribution in [2.75, 3.05) is 13.2 Å². The van der Waals surface area contributed by atoms with Crippen LogP contribution in [0.25, 0.3) is 0 Å². The van der Waals surface area contributed by atoms with Crippen LogP contribution >= 0.6 is 7.75 Å². The average Bonchev–Trinajstić information content (AvgIpc) is 2.11. The molecule has 0 rings (SSSR count). The van der Waals surface area contributed by atoms with Crippen LogP contribution in [0.5, 0.6) is 0 Å². The summed E-state index contributed by atoms with van der Waals surface area (Å²) in [6.45, 7) is -4.35. The Morgan fingerprint density at radius 3 is 1.59 bits per heavy atom. The molecule has 0 spiro atoms. The molecular formula is C5H4F6NO4P. The summed E-state index contributed by atoms with van der Waals surface area (Å²) in [6.07, 6.45) is -9.42. The summed E-state index contributed by atoms with van der Waals surface area (Å²) in [5.74, 6) is 0. The molecule has 0 heterocycles. The third-order valence-corrected chi connectivity index (χ3v) is 2.18. The van der Waals surface area contributed by atoms with Gasteiger partial charge in [-0.2, -0.15) is 26.3 Å². The molecule has 0 N–H and O–H groups in total. The van der Waals surface area contributed by atoms with E-state index in [9.17, 15) is 35.7 Å². The van der Waals surface area contributed by atoms with Crippen molar-refractivity contribution >= 4 is 13.8 Å². The first-order valence-electron chi connectivity index (χ1n) is 3.59. The smallest absolute Gasteiger partial charge is 0.281 e. The lowest BCUT2D eigenvalue weighted by molar-refractivity contribution is -0.165. The molecular weight excluding hydrogens is 283 g/mol. The van der Waals surface area contributed by atoms with Gasteiger partial charge in [0.15, 0.2) is 13.2 Å². The fraction of sp³-hybridized carbons (Fsp3) is 0.800. The number of hydrogen-bond donors (Lipinski definition) is 0. The second-order valence-corrected chi connectivity index (χ2v) is 4.09. The molecule has 0 fully saturated rings. The van der Waals surface area contributed by atoms with Gasteiger partial charge in [0.25, 0.3) is 0 Å². The molecule has 17 heavy (non-hydrogen) atoms. The summed E-state index contributed by atoms with van der Waals surface area (Å²) in [7, 11) is -5.15. The highest BCUT2D eigenvalue weighted by Gasteiger charge is 2.38. The number of rotatable bonds is 5. The van der Waals surface area contributed by atoms with Gasteiger partial charge in [-0.1, -0.05) is 4.76 Å². The van der Waals surface area contributed by atoms with E-state index in [1.54, 1.807) is 0 Å². The maximum Gasteiger partial charge on any atom is 0.465 e. The molecule has 0 aliphatic carbocycles. The minimum atomic E-state index is -5.15. The normalized spacial score (nSPS) is 13.3. The molecule has 0 amide bonds. The van der Waals surface area contributed by atoms with Gasteiger partial charge in [-0.15, -0.1) is 0 Å². The molecule has 0 aromatic rings. The Kier molecular flexibility index (Phi) is 5.34. The van der Waals surface area contributed by atoms with Crippen molar-refractivity contribution in [3.63, 3.8) is 0 Å². The van der Waals surface area contributed by atoms with E-state index in [2.05, 4.69) is 13.8 Å². The number of nitrogens with zero attached hydrogens (tertiary/aromatic N) is 1. The Hall–Kier alpha value is -0.890. The van der Waals surface area contributed by atoms with E-state index in [0.29, 0.717) is 6.08 Å². The fourth-order valence-electron chi connectivity index (χ4n) is 0.455. The fourth-order valence-corrected chi connectivity index (χ4v) is 1.36. The predicted octanol–water partition coefficient (Wildman–Crippen LogP) is 2.59. The first-order valence-corrected chi connectivity index (χ1v) is 5.09. The van der Waals surface area contributed by atoms with Crippen molar-refractivity contribution in [1.29, 1.82) is 0 Å². The van der Waals surface area contributed by atoms with E-state index in [0.717, 1.165) is 0 Å². The van der Waals surface area contributed by atoms with Gasteiger partial charge < -0.3 is 0 Å². The molecule has 0 radical (unpaired) electrons. The Morgan fingerprint density at radius 1 is 1.00 bits per heavy atom. The summed E-state index contributed by atoms with van der Waals surface area (Å²) in [6, 6.07) is 0. The van der Waals surface area contributed by atoms with Crippen molar-refractivity contribution in [1.82, 2.24) is 0 Å². The van der Waals surface area contributed by atoms with Crippen LogP contribution in [0.1, 0.15) is 0 Å². The van der Waals surface area contributed by atoms with Crippen LogP contribution in [0.4, 0.5) is 26.3 Å². The van der Waals surface area contributed by atoms with Crippen LogP contribution in [0.15, 0.2) is 4.76 Å². The zero-order chi connectivity index (χ0) is 13.7. The number of alkyl halides is 6. The molecule has 0 aromatic carbocycles. The van der Waals surface area contributed by atoms with Crippen LogP contribution in [-0.2, 0) is 18.4 Å². The minimum Gasteiger partial charge on any atom is -0.281 e. The van der Waals surface area contributed by atoms with Gasteiger partial charge in [0.1, 0.15) is 0 Å². The minimum absolute atomic E-state index is 0.508. The molecule has 0 bridgehead atoms. The predicted molar refractivity (Wildman–Crippen MR) is 39.7 cm³/mol. The molecule has 0 saturated heterocycles. The van der Waals surface area contributed by atoms with E-state index >= 15 is 0 Å². The molecule has 0 atom stereocenters. The summed E-state index contributed by atoms with van der Waals surface area (Å²) in [4.78, 5) is 9.68. The number of hydrogen-bond acceptors (Lipinski definition) is 4. The summed E-state index contributed by atoms with van der Waals surface area (Å²) >= 11 is 0. The molecule has 12 heteroatoms. The van der Waals surface area contributed by atoms with E-state index < -0.39 is 33.3 Å². The first-order chi connectivity index (χ1) is 7.47. The van der Waals surface area contributed by atoms with E-state index in [1.807, 2.05) is 0 Å². The monoisotopic (exact) mass is 287 g/mol. The highest BCUT2D eigenvalue weighted by Crippen LogP contribution is 2.51. The SMILES string of the molecule is O=C=NP(=O)(OCC(F)(F)F)OCC(F)(F)F. The Bertz CT molecular complexity index is 323. The van der Waals surface area contributed by atoms with Gasteiger partial charge in [0, 0.05) is 0 Å². The van der Waals surface area contributed by atoms with Crippen molar-refractivity contribution in [3.8, 4) is 0 Å². The first kappa shape index (κ1) is 16.1. The van der Waals surface area contributed by atoms with Crippen LogP contribution in [-0.4, -0.2) is 31.6 Å². The van der Waals surface area contributed by atoms with Crippen LogP contribution in [0, 0.1) is 0 Å². The lowest BCUT2D eigenvalue weighted by Gasteiger charge is -2.14. The number of isocyanates is 1. The zero-order valence-electron chi connectivity index (χ0n) is 7.71. The lowest BCUT2D eigenvalue weighted by atomic mass is 10.7. The van der Waals surface area contributed by atoms with E-state index in [4.69, 9.17) is 0 Å². The Morgan fingerprint density at radius 2 is 1.35 bits per heavy atom. The molecule has 100 valence electrons. The van der Waals surface area contributed by atoms with E-state index in [-0.39, 0.29) is 0 Å². The van der Waals surface area contributed by atoms with Gasteiger partial charge in [-0.25, -0.2) is 9.36 Å². The topological polar surface area (TPSA) is 65.0 Å². The molecule has 5 nitrogen and oxygen atoms in total. The standard InChI is InChI=1S/C5H4F6NO4P/c6-4(7,8)1-15-17(14,12-3-13)16-2-5(9,10)11/h1-2H2. The summed E-state index contributed by atoms with van der Waals surface area (Å²) in [5.41, 5.74) is 0. The highest BCUT2D eigenvalue weighted by atomic mass is 31.2. The molecule has 0 aliphatic heterocycles. The number of carbonyl (C=O) groups excluding carboxylic acids is 1.